The van der Waals surface area contributed by atoms with E-state index < -0.39 is 0 Å². The first-order valence-corrected chi connectivity index (χ1v) is 9.97. The highest BCUT2D eigenvalue weighted by atomic mass is 16.5. The number of hydrogen-bond donors (Lipinski definition) is 1. The van der Waals surface area contributed by atoms with Crippen LogP contribution in [0.25, 0.3) is 0 Å². The molecular formula is C21H29N3O3. The number of nitrogens with zero attached hydrogens (tertiary/aromatic N) is 2. The van der Waals surface area contributed by atoms with E-state index in [0.29, 0.717) is 37.1 Å². The van der Waals surface area contributed by atoms with Gasteiger partial charge in [0.15, 0.2) is 0 Å². The number of rotatable bonds is 8. The first-order valence-electron chi connectivity index (χ1n) is 9.97. The summed E-state index contributed by atoms with van der Waals surface area (Å²) >= 11 is 0. The molecule has 6 nitrogen and oxygen atoms in total. The molecule has 0 saturated heterocycles. The Labute approximate surface area is 160 Å². The first-order chi connectivity index (χ1) is 13.2. The van der Waals surface area contributed by atoms with Crippen molar-refractivity contribution in [3.63, 3.8) is 0 Å². The monoisotopic (exact) mass is 371 g/mol. The number of ether oxygens (including phenoxy) is 1. The Hall–Kier alpha value is -2.37. The Bertz CT molecular complexity index is 721. The fourth-order valence-electron chi connectivity index (χ4n) is 3.59. The number of methoxy groups -OCH3 is 1. The van der Waals surface area contributed by atoms with Crippen molar-refractivity contribution >= 4 is 5.91 Å². The molecule has 1 aliphatic carbocycles. The molecule has 1 fully saturated rings. The van der Waals surface area contributed by atoms with Gasteiger partial charge >= 0.3 is 0 Å². The lowest BCUT2D eigenvalue weighted by Crippen LogP contribution is -2.34. The van der Waals surface area contributed by atoms with Crippen LogP contribution in [0.4, 0.5) is 0 Å². The number of aryl methyl sites for hydroxylation is 3. The zero-order chi connectivity index (χ0) is 18.9. The fraction of sp³-hybridized carbons (Fsp3) is 0.571. The Balaban J connectivity index is 1.43. The van der Waals surface area contributed by atoms with E-state index in [1.165, 1.54) is 25.7 Å². The Morgan fingerprint density at radius 3 is 2.52 bits per heavy atom. The quantitative estimate of drug-likeness (QED) is 0.717. The minimum Gasteiger partial charge on any atom is -0.496 e. The summed E-state index contributed by atoms with van der Waals surface area (Å²) in [6.45, 7) is 0. The molecule has 1 amide bonds. The number of nitrogens with one attached hydrogen (secondary N) is 1. The van der Waals surface area contributed by atoms with Gasteiger partial charge in [-0.3, -0.25) is 4.79 Å². The van der Waals surface area contributed by atoms with Gasteiger partial charge in [-0.15, -0.1) is 10.2 Å². The summed E-state index contributed by atoms with van der Waals surface area (Å²) in [6, 6.07) is 8.26. The topological polar surface area (TPSA) is 77.2 Å². The summed E-state index contributed by atoms with van der Waals surface area (Å²) in [7, 11) is 1.67. The third-order valence-corrected chi connectivity index (χ3v) is 5.10. The van der Waals surface area contributed by atoms with Crippen molar-refractivity contribution in [2.45, 2.75) is 70.3 Å². The molecule has 0 spiro atoms. The number of carbonyl (C=O) groups excluding carboxylic acids is 1. The van der Waals surface area contributed by atoms with Crippen LogP contribution >= 0.6 is 0 Å². The lowest BCUT2D eigenvalue weighted by atomic mass is 10.1. The largest absolute Gasteiger partial charge is 0.496 e. The van der Waals surface area contributed by atoms with E-state index in [0.717, 1.165) is 30.6 Å². The van der Waals surface area contributed by atoms with E-state index in [-0.39, 0.29) is 5.91 Å². The molecule has 0 radical (unpaired) electrons. The van der Waals surface area contributed by atoms with Gasteiger partial charge < -0.3 is 14.5 Å². The van der Waals surface area contributed by atoms with E-state index in [2.05, 4.69) is 15.5 Å². The van der Waals surface area contributed by atoms with E-state index in [1.807, 2.05) is 24.3 Å². The Morgan fingerprint density at radius 1 is 1.07 bits per heavy atom. The first kappa shape index (κ1) is 19.4. The van der Waals surface area contributed by atoms with Crippen LogP contribution in [-0.4, -0.2) is 29.3 Å². The number of para-hydroxylation sites is 1. The Kier molecular flexibility index (Phi) is 7.25. The zero-order valence-corrected chi connectivity index (χ0v) is 16.1. The van der Waals surface area contributed by atoms with E-state index in [4.69, 9.17) is 9.15 Å². The molecule has 6 heteroatoms. The van der Waals surface area contributed by atoms with Crippen LogP contribution in [0.2, 0.25) is 0 Å². The molecule has 0 aliphatic heterocycles. The smallest absolute Gasteiger partial charge is 0.220 e. The van der Waals surface area contributed by atoms with E-state index in [1.54, 1.807) is 7.11 Å². The lowest BCUT2D eigenvalue weighted by molar-refractivity contribution is -0.121. The van der Waals surface area contributed by atoms with Gasteiger partial charge in [-0.1, -0.05) is 43.9 Å². The third-order valence-electron chi connectivity index (χ3n) is 5.10. The second-order valence-electron chi connectivity index (χ2n) is 7.16. The van der Waals surface area contributed by atoms with Crippen molar-refractivity contribution in [2.75, 3.05) is 7.11 Å². The van der Waals surface area contributed by atoms with Gasteiger partial charge in [-0.05, 0) is 30.9 Å². The maximum Gasteiger partial charge on any atom is 0.220 e. The minimum absolute atomic E-state index is 0.0793. The number of benzene rings is 1. The van der Waals surface area contributed by atoms with Crippen molar-refractivity contribution in [2.24, 2.45) is 0 Å². The van der Waals surface area contributed by atoms with Gasteiger partial charge in [0.05, 0.1) is 7.11 Å². The molecular weight excluding hydrogens is 342 g/mol. The summed E-state index contributed by atoms with van der Waals surface area (Å²) in [5.41, 5.74) is 1.11. The molecule has 3 rings (SSSR count). The van der Waals surface area contributed by atoms with E-state index in [9.17, 15) is 4.79 Å². The van der Waals surface area contributed by atoms with Gasteiger partial charge in [-0.2, -0.15) is 0 Å². The summed E-state index contributed by atoms with van der Waals surface area (Å²) in [6.07, 6.45) is 9.49. The van der Waals surface area contributed by atoms with Gasteiger partial charge in [0.2, 0.25) is 17.7 Å². The summed E-state index contributed by atoms with van der Waals surface area (Å²) in [5.74, 6) is 2.07. The summed E-state index contributed by atoms with van der Waals surface area (Å²) in [4.78, 5) is 12.2. The number of hydrogen-bond acceptors (Lipinski definition) is 5. The number of aromatic nitrogens is 2. The van der Waals surface area contributed by atoms with Crippen LogP contribution in [0.3, 0.4) is 0 Å². The van der Waals surface area contributed by atoms with E-state index >= 15 is 0 Å². The van der Waals surface area contributed by atoms with Gasteiger partial charge in [0, 0.05) is 25.3 Å². The highest BCUT2D eigenvalue weighted by Crippen LogP contribution is 2.19. The van der Waals surface area contributed by atoms with Crippen LogP contribution < -0.4 is 10.1 Å². The van der Waals surface area contributed by atoms with Crippen molar-refractivity contribution in [3.05, 3.63) is 41.6 Å². The molecule has 0 atom stereocenters. The molecule has 2 aromatic rings. The van der Waals surface area contributed by atoms with Crippen molar-refractivity contribution in [3.8, 4) is 5.75 Å². The third kappa shape index (κ3) is 6.08. The van der Waals surface area contributed by atoms with Crippen molar-refractivity contribution < 1.29 is 13.9 Å². The zero-order valence-electron chi connectivity index (χ0n) is 16.1. The number of amides is 1. The maximum atomic E-state index is 12.2. The van der Waals surface area contributed by atoms with Crippen LogP contribution in [0.1, 0.15) is 62.3 Å². The average molecular weight is 371 g/mol. The van der Waals surface area contributed by atoms with Crippen LogP contribution in [0, 0.1) is 0 Å². The minimum atomic E-state index is 0.0793. The van der Waals surface area contributed by atoms with Crippen LogP contribution in [0.15, 0.2) is 28.7 Å². The molecule has 1 aromatic carbocycles. The maximum absolute atomic E-state index is 12.2. The number of carbonyl (C=O) groups is 1. The normalized spacial score (nSPS) is 15.3. The predicted molar refractivity (Wildman–Crippen MR) is 103 cm³/mol. The molecule has 146 valence electrons. The van der Waals surface area contributed by atoms with Gasteiger partial charge in [-0.25, -0.2) is 0 Å². The Morgan fingerprint density at radius 2 is 1.78 bits per heavy atom. The molecule has 1 saturated carbocycles. The average Bonchev–Trinajstić information content (AvgIpc) is 3.00. The second kappa shape index (κ2) is 10.1. The lowest BCUT2D eigenvalue weighted by Gasteiger charge is -2.15. The highest BCUT2D eigenvalue weighted by molar-refractivity contribution is 5.76. The standard InChI is InChI=1S/C21H29N3O3/c1-26-18-11-7-6-8-16(18)12-14-20-23-24-21(27-20)15-13-19(25)22-17-9-4-2-3-5-10-17/h6-8,11,17H,2-5,9-10,12-15H2,1H3,(H,22,25). The second-order valence-corrected chi connectivity index (χ2v) is 7.16. The molecule has 1 N–H and O–H groups in total. The predicted octanol–water partition coefficient (Wildman–Crippen LogP) is 3.64. The SMILES string of the molecule is COc1ccccc1CCc1nnc(CCC(=O)NC2CCCCCC2)o1. The molecule has 27 heavy (non-hydrogen) atoms. The molecule has 1 aromatic heterocycles. The van der Waals surface area contributed by atoms with Crippen LogP contribution in [-0.2, 0) is 24.1 Å². The summed E-state index contributed by atoms with van der Waals surface area (Å²) < 4.78 is 11.1. The molecule has 0 bridgehead atoms. The van der Waals surface area contributed by atoms with Crippen LogP contribution in [0.5, 0.6) is 5.75 Å². The molecule has 1 heterocycles. The van der Waals surface area contributed by atoms with Crippen molar-refractivity contribution in [1.82, 2.24) is 15.5 Å². The highest BCUT2D eigenvalue weighted by Gasteiger charge is 2.16. The molecule has 1 aliphatic rings. The summed E-state index contributed by atoms with van der Waals surface area (Å²) in [5, 5.41) is 11.3. The molecule has 0 unspecified atom stereocenters. The van der Waals surface area contributed by atoms with Crippen molar-refractivity contribution in [1.29, 1.82) is 0 Å². The van der Waals surface area contributed by atoms with Gasteiger partial charge in [0.25, 0.3) is 0 Å². The fourth-order valence-corrected chi connectivity index (χ4v) is 3.59. The van der Waals surface area contributed by atoms with Gasteiger partial charge in [0.1, 0.15) is 5.75 Å².